The summed E-state index contributed by atoms with van der Waals surface area (Å²) in [5.74, 6) is 2.64. The third kappa shape index (κ3) is 4.02. The van der Waals surface area contributed by atoms with Crippen molar-refractivity contribution in [2.45, 2.75) is 18.8 Å². The van der Waals surface area contributed by atoms with Gasteiger partial charge in [-0.15, -0.1) is 11.3 Å². The number of carbonyl (C=O) groups is 1. The van der Waals surface area contributed by atoms with E-state index in [0.717, 1.165) is 18.7 Å². The van der Waals surface area contributed by atoms with Gasteiger partial charge in [0, 0.05) is 11.5 Å². The van der Waals surface area contributed by atoms with Crippen molar-refractivity contribution in [2.75, 3.05) is 26.6 Å². The van der Waals surface area contributed by atoms with E-state index in [2.05, 4.69) is 25.7 Å². The molecular formula is C22H21N5O5S. The Labute approximate surface area is 192 Å². The molecule has 1 aliphatic rings. The highest BCUT2D eigenvalue weighted by Gasteiger charge is 2.29. The Kier molecular flexibility index (Phi) is 5.47. The molecule has 1 aliphatic carbocycles. The molecule has 0 saturated heterocycles. The molecule has 11 heteroatoms. The standard InChI is InChI=1S/C22H21N5O5S/c1-29-16-8-12(9-17(30-2)18(16)31-3)14-10-15(26-25-14)21(28)23-13-6-7-33-19(13)22-24-20(27-32-22)11-4-5-11/h6-11H,4-5H2,1-3H3,(H,23,28)(H,25,26). The van der Waals surface area contributed by atoms with Gasteiger partial charge in [-0.3, -0.25) is 9.89 Å². The molecule has 0 unspecified atom stereocenters. The number of carbonyl (C=O) groups excluding carboxylic acids is 1. The van der Waals surface area contributed by atoms with E-state index in [4.69, 9.17) is 18.7 Å². The van der Waals surface area contributed by atoms with Gasteiger partial charge in [0.2, 0.25) is 5.75 Å². The topological polar surface area (TPSA) is 124 Å². The first-order chi connectivity index (χ1) is 16.1. The summed E-state index contributed by atoms with van der Waals surface area (Å²) >= 11 is 1.42. The van der Waals surface area contributed by atoms with Crippen LogP contribution in [0, 0.1) is 0 Å². The third-order valence-corrected chi connectivity index (χ3v) is 6.18. The van der Waals surface area contributed by atoms with Crippen LogP contribution in [0.1, 0.15) is 35.1 Å². The summed E-state index contributed by atoms with van der Waals surface area (Å²) in [4.78, 5) is 18.1. The van der Waals surface area contributed by atoms with E-state index < -0.39 is 0 Å². The van der Waals surface area contributed by atoms with Crippen LogP contribution in [0.5, 0.6) is 17.2 Å². The summed E-state index contributed by atoms with van der Waals surface area (Å²) in [6, 6.07) is 6.99. The summed E-state index contributed by atoms with van der Waals surface area (Å²) in [6.07, 6.45) is 2.17. The third-order valence-electron chi connectivity index (χ3n) is 5.27. The quantitative estimate of drug-likeness (QED) is 0.392. The lowest BCUT2D eigenvalue weighted by molar-refractivity contribution is 0.102. The Morgan fingerprint density at radius 3 is 2.58 bits per heavy atom. The van der Waals surface area contributed by atoms with Crippen molar-refractivity contribution in [3.05, 3.63) is 41.2 Å². The second-order valence-corrected chi connectivity index (χ2v) is 8.35. The van der Waals surface area contributed by atoms with E-state index >= 15 is 0 Å². The van der Waals surface area contributed by atoms with Gasteiger partial charge in [0.1, 0.15) is 10.6 Å². The molecule has 3 heterocycles. The molecule has 4 aromatic rings. The number of H-pyrrole nitrogens is 1. The minimum Gasteiger partial charge on any atom is -0.493 e. The Morgan fingerprint density at radius 2 is 1.91 bits per heavy atom. The number of ether oxygens (including phenoxy) is 3. The monoisotopic (exact) mass is 467 g/mol. The molecule has 10 nitrogen and oxygen atoms in total. The van der Waals surface area contributed by atoms with E-state index in [-0.39, 0.29) is 5.91 Å². The van der Waals surface area contributed by atoms with E-state index in [9.17, 15) is 4.79 Å². The largest absolute Gasteiger partial charge is 0.493 e. The number of methoxy groups -OCH3 is 3. The van der Waals surface area contributed by atoms with Crippen molar-refractivity contribution in [3.63, 3.8) is 0 Å². The van der Waals surface area contributed by atoms with Crippen molar-refractivity contribution in [1.82, 2.24) is 20.3 Å². The second-order valence-electron chi connectivity index (χ2n) is 7.43. The Hall–Kier alpha value is -3.86. The van der Waals surface area contributed by atoms with Crippen LogP contribution < -0.4 is 19.5 Å². The van der Waals surface area contributed by atoms with Crippen molar-refractivity contribution in [3.8, 4) is 39.3 Å². The van der Waals surface area contributed by atoms with Gasteiger partial charge in [-0.25, -0.2) is 0 Å². The number of aromatic amines is 1. The molecule has 5 rings (SSSR count). The number of aromatic nitrogens is 4. The van der Waals surface area contributed by atoms with Gasteiger partial charge >= 0.3 is 0 Å². The Morgan fingerprint density at radius 1 is 1.15 bits per heavy atom. The number of rotatable bonds is 8. The summed E-state index contributed by atoms with van der Waals surface area (Å²) < 4.78 is 21.6. The lowest BCUT2D eigenvalue weighted by atomic mass is 10.1. The number of nitrogens with zero attached hydrogens (tertiary/aromatic N) is 3. The van der Waals surface area contributed by atoms with Crippen molar-refractivity contribution in [1.29, 1.82) is 0 Å². The highest BCUT2D eigenvalue weighted by molar-refractivity contribution is 7.14. The normalized spacial score (nSPS) is 13.1. The van der Waals surface area contributed by atoms with Crippen LogP contribution >= 0.6 is 11.3 Å². The number of anilines is 1. The van der Waals surface area contributed by atoms with E-state index in [1.807, 2.05) is 5.38 Å². The Bertz CT molecular complexity index is 1280. The predicted octanol–water partition coefficient (Wildman–Crippen LogP) is 4.34. The Balaban J connectivity index is 1.37. The van der Waals surface area contributed by atoms with Gasteiger partial charge in [-0.05, 0) is 42.5 Å². The second kappa shape index (κ2) is 8.58. The van der Waals surface area contributed by atoms with Crippen LogP contribution in [0.3, 0.4) is 0 Å². The van der Waals surface area contributed by atoms with Crippen LogP contribution in [0.25, 0.3) is 22.0 Å². The minimum absolute atomic E-state index is 0.292. The molecule has 0 spiro atoms. The fourth-order valence-electron chi connectivity index (χ4n) is 3.41. The molecule has 2 N–H and O–H groups in total. The average molecular weight is 468 g/mol. The summed E-state index contributed by atoms with van der Waals surface area (Å²) in [5.41, 5.74) is 2.14. The number of benzene rings is 1. The lowest BCUT2D eigenvalue weighted by Gasteiger charge is -2.13. The molecule has 1 saturated carbocycles. The highest BCUT2D eigenvalue weighted by atomic mass is 32.1. The van der Waals surface area contributed by atoms with Gasteiger partial charge in [-0.1, -0.05) is 5.16 Å². The minimum atomic E-state index is -0.345. The number of hydrogen-bond acceptors (Lipinski definition) is 9. The maximum Gasteiger partial charge on any atom is 0.273 e. The first kappa shape index (κ1) is 21.0. The van der Waals surface area contributed by atoms with Crippen LogP contribution in [0.15, 0.2) is 34.2 Å². The molecule has 33 heavy (non-hydrogen) atoms. The fraction of sp³-hybridized carbons (Fsp3) is 0.273. The van der Waals surface area contributed by atoms with Crippen LogP contribution in [-0.2, 0) is 0 Å². The van der Waals surface area contributed by atoms with Crippen molar-refractivity contribution in [2.24, 2.45) is 0 Å². The highest BCUT2D eigenvalue weighted by Crippen LogP contribution is 2.42. The molecule has 1 fully saturated rings. The summed E-state index contributed by atoms with van der Waals surface area (Å²) in [7, 11) is 4.62. The van der Waals surface area contributed by atoms with Crippen molar-refractivity contribution >= 4 is 22.9 Å². The van der Waals surface area contributed by atoms with Crippen molar-refractivity contribution < 1.29 is 23.5 Å². The molecule has 0 radical (unpaired) electrons. The number of hydrogen-bond donors (Lipinski definition) is 2. The zero-order valence-corrected chi connectivity index (χ0v) is 19.0. The van der Waals surface area contributed by atoms with E-state index in [1.165, 1.54) is 18.4 Å². The predicted molar refractivity (Wildman–Crippen MR) is 121 cm³/mol. The molecule has 0 aliphatic heterocycles. The SMILES string of the molecule is COc1cc(-c2cc(C(=O)Nc3ccsc3-c3nc(C4CC4)no3)[nH]n2)cc(OC)c1OC. The molecule has 0 atom stereocenters. The lowest BCUT2D eigenvalue weighted by Crippen LogP contribution is -2.12. The molecule has 3 aromatic heterocycles. The number of nitrogens with one attached hydrogen (secondary N) is 2. The van der Waals surface area contributed by atoms with Gasteiger partial charge in [0.15, 0.2) is 17.3 Å². The van der Waals surface area contributed by atoms with Crippen LogP contribution in [-0.4, -0.2) is 47.6 Å². The smallest absolute Gasteiger partial charge is 0.273 e. The number of amides is 1. The average Bonchev–Trinajstić information content (AvgIpc) is 3.22. The van der Waals surface area contributed by atoms with Gasteiger partial charge < -0.3 is 24.1 Å². The molecular weight excluding hydrogens is 446 g/mol. The first-order valence-electron chi connectivity index (χ1n) is 10.2. The maximum absolute atomic E-state index is 12.9. The van der Waals surface area contributed by atoms with Crippen LogP contribution in [0.2, 0.25) is 0 Å². The molecule has 1 amide bonds. The number of thiophene rings is 1. The van der Waals surface area contributed by atoms with Gasteiger partial charge in [-0.2, -0.15) is 10.1 Å². The van der Waals surface area contributed by atoms with E-state index in [0.29, 0.717) is 56.6 Å². The maximum atomic E-state index is 12.9. The van der Waals surface area contributed by atoms with E-state index in [1.54, 1.807) is 38.5 Å². The summed E-state index contributed by atoms with van der Waals surface area (Å²) in [6.45, 7) is 0. The molecule has 0 bridgehead atoms. The van der Waals surface area contributed by atoms with Gasteiger partial charge in [0.25, 0.3) is 11.8 Å². The zero-order chi connectivity index (χ0) is 22.9. The van der Waals surface area contributed by atoms with Crippen LogP contribution in [0.4, 0.5) is 5.69 Å². The zero-order valence-electron chi connectivity index (χ0n) is 18.2. The molecule has 1 aromatic carbocycles. The van der Waals surface area contributed by atoms with Gasteiger partial charge in [0.05, 0.1) is 32.7 Å². The molecule has 170 valence electrons. The summed E-state index contributed by atoms with van der Waals surface area (Å²) in [5, 5.41) is 15.9. The fourth-order valence-corrected chi connectivity index (χ4v) is 4.18. The first-order valence-corrected chi connectivity index (χ1v) is 11.1.